The minimum absolute atomic E-state index is 0.193. The number of rotatable bonds is 4. The second-order valence-electron chi connectivity index (χ2n) is 2.19. The topological polar surface area (TPSA) is 84.3 Å². The zero-order valence-electron chi connectivity index (χ0n) is 7.02. The quantitative estimate of drug-likeness (QED) is 0.682. The van der Waals surface area contributed by atoms with Crippen LogP contribution in [-0.4, -0.2) is 34.7 Å². The fourth-order valence-electron chi connectivity index (χ4n) is 0.698. The molecule has 0 atom stereocenters. The molecule has 0 amide bonds. The van der Waals surface area contributed by atoms with Crippen molar-refractivity contribution in [1.29, 1.82) is 0 Å². The lowest BCUT2D eigenvalue weighted by atomic mass is 10.6. The molecule has 0 aliphatic heterocycles. The van der Waals surface area contributed by atoms with Crippen LogP contribution >= 0.6 is 0 Å². The number of hydrogen-bond acceptors (Lipinski definition) is 5. The van der Waals surface area contributed by atoms with Crippen molar-refractivity contribution in [3.05, 3.63) is 12.4 Å². The highest BCUT2D eigenvalue weighted by Gasteiger charge is 1.99. The first-order valence-corrected chi connectivity index (χ1v) is 3.54. The molecular weight excluding hydrogens is 174 g/mol. The highest BCUT2D eigenvalue weighted by molar-refractivity contribution is 5.72. The summed E-state index contributed by atoms with van der Waals surface area (Å²) in [6.07, 6.45) is 2.86. The van der Waals surface area contributed by atoms with Crippen LogP contribution in [0.2, 0.25) is 0 Å². The summed E-state index contributed by atoms with van der Waals surface area (Å²) in [5.41, 5.74) is 0. The number of aliphatic carboxylic acids is 1. The molecule has 0 unspecified atom stereocenters. The van der Waals surface area contributed by atoms with Crippen molar-refractivity contribution >= 4 is 11.8 Å². The largest absolute Gasteiger partial charge is 0.480 e. The molecule has 0 fully saturated rings. The van der Waals surface area contributed by atoms with Crippen molar-refractivity contribution < 1.29 is 14.6 Å². The Morgan fingerprint density at radius 3 is 3.08 bits per heavy atom. The van der Waals surface area contributed by atoms with E-state index in [0.717, 1.165) is 0 Å². The maximum Gasteiger partial charge on any atom is 0.322 e. The molecule has 0 aliphatic rings. The Kier molecular flexibility index (Phi) is 3.02. The number of ether oxygens (including phenoxy) is 1. The third-order valence-electron chi connectivity index (χ3n) is 1.24. The van der Waals surface area contributed by atoms with E-state index in [1.807, 2.05) is 0 Å². The molecule has 13 heavy (non-hydrogen) atoms. The number of methoxy groups -OCH3 is 1. The summed E-state index contributed by atoms with van der Waals surface area (Å²) in [4.78, 5) is 17.9. The van der Waals surface area contributed by atoms with Crippen molar-refractivity contribution in [3.63, 3.8) is 0 Å². The number of carboxylic acids is 1. The molecule has 6 heteroatoms. The molecule has 70 valence electrons. The Morgan fingerprint density at radius 1 is 1.69 bits per heavy atom. The molecule has 2 N–H and O–H groups in total. The molecule has 1 heterocycles. The predicted molar refractivity (Wildman–Crippen MR) is 44.7 cm³/mol. The molecule has 1 aromatic heterocycles. The first-order valence-electron chi connectivity index (χ1n) is 3.54. The number of aromatic nitrogens is 2. The Bertz CT molecular complexity index is 303. The van der Waals surface area contributed by atoms with E-state index in [1.165, 1.54) is 19.5 Å². The Labute approximate surface area is 74.6 Å². The van der Waals surface area contributed by atoms with Crippen LogP contribution in [-0.2, 0) is 4.79 Å². The van der Waals surface area contributed by atoms with Gasteiger partial charge in [-0.25, -0.2) is 0 Å². The molecule has 6 nitrogen and oxygen atoms in total. The molecule has 0 spiro atoms. The SMILES string of the molecule is COc1cncc(NCC(=O)O)n1. The number of carbonyl (C=O) groups is 1. The van der Waals surface area contributed by atoms with Crippen LogP contribution < -0.4 is 10.1 Å². The lowest BCUT2D eigenvalue weighted by Crippen LogP contribution is -2.13. The number of hydrogen-bond donors (Lipinski definition) is 2. The molecule has 1 aromatic rings. The number of nitrogens with zero attached hydrogens (tertiary/aromatic N) is 2. The average Bonchev–Trinajstić information content (AvgIpc) is 2.15. The molecule has 0 aromatic carbocycles. The summed E-state index contributed by atoms with van der Waals surface area (Å²) in [5, 5.41) is 10.9. The monoisotopic (exact) mass is 183 g/mol. The van der Waals surface area contributed by atoms with E-state index in [1.54, 1.807) is 0 Å². The summed E-state index contributed by atoms with van der Waals surface area (Å²) in [5.74, 6) is -0.234. The lowest BCUT2D eigenvalue weighted by Gasteiger charge is -2.02. The maximum atomic E-state index is 10.2. The minimum Gasteiger partial charge on any atom is -0.480 e. The van der Waals surface area contributed by atoms with E-state index in [-0.39, 0.29) is 6.54 Å². The van der Waals surface area contributed by atoms with Crippen LogP contribution in [0.1, 0.15) is 0 Å². The van der Waals surface area contributed by atoms with Crippen LogP contribution in [0.4, 0.5) is 5.82 Å². The highest BCUT2D eigenvalue weighted by atomic mass is 16.5. The van der Waals surface area contributed by atoms with Crippen LogP contribution in [0.25, 0.3) is 0 Å². The summed E-state index contributed by atoms with van der Waals surface area (Å²) < 4.78 is 4.80. The van der Waals surface area contributed by atoms with Gasteiger partial charge in [-0.15, -0.1) is 0 Å². The van der Waals surface area contributed by atoms with Crippen LogP contribution in [0, 0.1) is 0 Å². The highest BCUT2D eigenvalue weighted by Crippen LogP contribution is 2.07. The van der Waals surface area contributed by atoms with Gasteiger partial charge in [-0.2, -0.15) is 4.98 Å². The normalized spacial score (nSPS) is 9.31. The van der Waals surface area contributed by atoms with E-state index in [2.05, 4.69) is 15.3 Å². The van der Waals surface area contributed by atoms with Crippen molar-refractivity contribution in [2.24, 2.45) is 0 Å². The Morgan fingerprint density at radius 2 is 2.46 bits per heavy atom. The van der Waals surface area contributed by atoms with Gasteiger partial charge >= 0.3 is 5.97 Å². The zero-order chi connectivity index (χ0) is 9.68. The number of carboxylic acid groups (broad SMARTS) is 1. The molecular formula is C7H9N3O3. The first-order chi connectivity index (χ1) is 6.22. The fraction of sp³-hybridized carbons (Fsp3) is 0.286. The number of anilines is 1. The predicted octanol–water partition coefficient (Wildman–Crippen LogP) is -0.0183. The van der Waals surface area contributed by atoms with Crippen molar-refractivity contribution in [1.82, 2.24) is 9.97 Å². The molecule has 0 bridgehead atoms. The van der Waals surface area contributed by atoms with E-state index in [9.17, 15) is 4.79 Å². The van der Waals surface area contributed by atoms with Gasteiger partial charge in [0.15, 0.2) is 0 Å². The number of nitrogens with one attached hydrogen (secondary N) is 1. The molecule has 0 saturated carbocycles. The van der Waals surface area contributed by atoms with E-state index >= 15 is 0 Å². The summed E-state index contributed by atoms with van der Waals surface area (Å²) in [7, 11) is 1.46. The van der Waals surface area contributed by atoms with Crippen molar-refractivity contribution in [3.8, 4) is 5.88 Å². The third kappa shape index (κ3) is 2.94. The lowest BCUT2D eigenvalue weighted by molar-refractivity contribution is -0.134. The molecule has 1 rings (SSSR count). The third-order valence-corrected chi connectivity index (χ3v) is 1.24. The van der Waals surface area contributed by atoms with Crippen LogP contribution in [0.3, 0.4) is 0 Å². The second kappa shape index (κ2) is 4.24. The van der Waals surface area contributed by atoms with Gasteiger partial charge in [0.25, 0.3) is 0 Å². The molecule has 0 saturated heterocycles. The van der Waals surface area contributed by atoms with Gasteiger partial charge in [0.1, 0.15) is 12.4 Å². The van der Waals surface area contributed by atoms with Gasteiger partial charge in [-0.3, -0.25) is 9.78 Å². The van der Waals surface area contributed by atoms with Gasteiger partial charge < -0.3 is 15.2 Å². The van der Waals surface area contributed by atoms with Crippen molar-refractivity contribution in [2.75, 3.05) is 19.0 Å². The standard InChI is InChI=1S/C7H9N3O3/c1-13-6-3-8-2-5(10-6)9-4-7(11)12/h2-3H,4H2,1H3,(H,9,10)(H,11,12). The van der Waals surface area contributed by atoms with Gasteiger partial charge in [0.05, 0.1) is 19.5 Å². The van der Waals surface area contributed by atoms with Gasteiger partial charge in [0.2, 0.25) is 5.88 Å². The second-order valence-corrected chi connectivity index (χ2v) is 2.19. The zero-order valence-corrected chi connectivity index (χ0v) is 7.02. The summed E-state index contributed by atoms with van der Waals surface area (Å²) >= 11 is 0. The van der Waals surface area contributed by atoms with Crippen molar-refractivity contribution in [2.45, 2.75) is 0 Å². The Balaban J connectivity index is 2.61. The summed E-state index contributed by atoms with van der Waals surface area (Å²) in [6, 6.07) is 0. The van der Waals surface area contributed by atoms with E-state index in [0.29, 0.717) is 11.7 Å². The molecule has 0 radical (unpaired) electrons. The average molecular weight is 183 g/mol. The fourth-order valence-corrected chi connectivity index (χ4v) is 0.698. The maximum absolute atomic E-state index is 10.2. The van der Waals surface area contributed by atoms with Gasteiger partial charge in [0, 0.05) is 0 Å². The van der Waals surface area contributed by atoms with Crippen LogP contribution in [0.5, 0.6) is 5.88 Å². The smallest absolute Gasteiger partial charge is 0.322 e. The minimum atomic E-state index is -0.954. The first kappa shape index (κ1) is 9.24. The van der Waals surface area contributed by atoms with E-state index in [4.69, 9.17) is 9.84 Å². The van der Waals surface area contributed by atoms with E-state index < -0.39 is 5.97 Å². The molecule has 0 aliphatic carbocycles. The van der Waals surface area contributed by atoms with Gasteiger partial charge in [-0.1, -0.05) is 0 Å². The summed E-state index contributed by atoms with van der Waals surface area (Å²) in [6.45, 7) is -0.193. The Hall–Kier alpha value is -1.85. The van der Waals surface area contributed by atoms with Crippen LogP contribution in [0.15, 0.2) is 12.4 Å². The van der Waals surface area contributed by atoms with Gasteiger partial charge in [-0.05, 0) is 0 Å².